The van der Waals surface area contributed by atoms with E-state index in [4.69, 9.17) is 9.72 Å². The Morgan fingerprint density at radius 2 is 1.78 bits per heavy atom. The molecule has 6 heteroatoms. The third-order valence-electron chi connectivity index (χ3n) is 7.39. The zero-order valence-electron chi connectivity index (χ0n) is 20.9. The number of ether oxygens (including phenoxy) is 1. The number of aromatic nitrogens is 3. The Balaban J connectivity index is 1.43. The highest BCUT2D eigenvalue weighted by molar-refractivity contribution is 7.15. The third-order valence-corrected chi connectivity index (χ3v) is 8.49. The number of hydrogen-bond acceptors (Lipinski definition) is 5. The van der Waals surface area contributed by atoms with Gasteiger partial charge in [-0.3, -0.25) is 0 Å². The average Bonchev–Trinajstić information content (AvgIpc) is 3.49. The summed E-state index contributed by atoms with van der Waals surface area (Å²) in [4.78, 5) is 26.9. The third kappa shape index (κ3) is 3.99. The van der Waals surface area contributed by atoms with Crippen LogP contribution in [0.2, 0.25) is 0 Å². The number of H-pyrrole nitrogens is 1. The Labute approximate surface area is 214 Å². The Hall–Kier alpha value is -3.51. The average molecular weight is 496 g/mol. The van der Waals surface area contributed by atoms with Gasteiger partial charge in [0.05, 0.1) is 45.0 Å². The number of rotatable bonds is 4. The molecule has 3 heterocycles. The number of carbonyl (C=O) groups is 1. The van der Waals surface area contributed by atoms with E-state index >= 15 is 0 Å². The molecule has 36 heavy (non-hydrogen) atoms. The number of hydrogen-bond donors (Lipinski definition) is 1. The fourth-order valence-corrected chi connectivity index (χ4v) is 6.56. The summed E-state index contributed by atoms with van der Waals surface area (Å²) < 4.78 is 5.14. The molecule has 3 aromatic heterocycles. The molecule has 1 saturated carbocycles. The van der Waals surface area contributed by atoms with Crippen molar-refractivity contribution in [1.82, 2.24) is 15.0 Å². The number of pyridine rings is 1. The molecule has 1 aliphatic carbocycles. The van der Waals surface area contributed by atoms with Gasteiger partial charge in [-0.25, -0.2) is 14.8 Å². The van der Waals surface area contributed by atoms with Crippen molar-refractivity contribution >= 4 is 39.1 Å². The van der Waals surface area contributed by atoms with Gasteiger partial charge in [-0.15, -0.1) is 11.3 Å². The number of aromatic amines is 1. The second-order valence-corrected chi connectivity index (χ2v) is 11.0. The summed E-state index contributed by atoms with van der Waals surface area (Å²) in [5.74, 6) is 0.119. The Morgan fingerprint density at radius 3 is 2.53 bits per heavy atom. The fourth-order valence-electron chi connectivity index (χ4n) is 5.67. The molecule has 6 rings (SSSR count). The number of nitrogens with zero attached hydrogens (tertiary/aromatic N) is 2. The minimum Gasteiger partial charge on any atom is -0.465 e. The zero-order valence-corrected chi connectivity index (χ0v) is 21.7. The van der Waals surface area contributed by atoms with Crippen LogP contribution in [-0.4, -0.2) is 28.0 Å². The molecule has 5 aromatic rings. The van der Waals surface area contributed by atoms with E-state index in [0.29, 0.717) is 11.5 Å². The predicted molar refractivity (Wildman–Crippen MR) is 147 cm³/mol. The summed E-state index contributed by atoms with van der Waals surface area (Å²) in [6.45, 7) is 4.07. The van der Waals surface area contributed by atoms with Crippen molar-refractivity contribution in [2.45, 2.75) is 51.9 Å². The molecule has 182 valence electrons. The fraction of sp³-hybridized carbons (Fsp3) is 0.300. The van der Waals surface area contributed by atoms with E-state index < -0.39 is 0 Å². The van der Waals surface area contributed by atoms with Gasteiger partial charge in [0, 0.05) is 16.5 Å². The van der Waals surface area contributed by atoms with E-state index in [1.165, 1.54) is 26.4 Å². The predicted octanol–water partition coefficient (Wildman–Crippen LogP) is 7.96. The molecule has 0 spiro atoms. The van der Waals surface area contributed by atoms with Crippen LogP contribution in [0, 0.1) is 13.8 Å². The molecule has 0 unspecified atom stereocenters. The van der Waals surface area contributed by atoms with Gasteiger partial charge in [-0.05, 0) is 74.1 Å². The second-order valence-electron chi connectivity index (χ2n) is 9.75. The summed E-state index contributed by atoms with van der Waals surface area (Å²) in [5, 5.41) is 3.28. The normalized spacial score (nSPS) is 14.5. The SMILES string of the molecule is COC(=O)c1ccc2cc(-c3ccc4nc(-c5sc(C)nc5C)ccc4c3)[nH]c2c1C1CCCCC1. The zero-order chi connectivity index (χ0) is 24.8. The lowest BCUT2D eigenvalue weighted by atomic mass is 9.81. The van der Waals surface area contributed by atoms with Crippen LogP contribution in [0.25, 0.3) is 43.6 Å². The molecule has 5 nitrogen and oxygen atoms in total. The lowest BCUT2D eigenvalue weighted by Gasteiger charge is -2.24. The van der Waals surface area contributed by atoms with Gasteiger partial charge < -0.3 is 9.72 Å². The van der Waals surface area contributed by atoms with Crippen LogP contribution in [0.4, 0.5) is 0 Å². The lowest BCUT2D eigenvalue weighted by Crippen LogP contribution is -2.12. The van der Waals surface area contributed by atoms with Crippen LogP contribution in [0.1, 0.15) is 64.6 Å². The maximum atomic E-state index is 12.6. The van der Waals surface area contributed by atoms with Gasteiger partial charge in [0.1, 0.15) is 0 Å². The highest BCUT2D eigenvalue weighted by Gasteiger charge is 2.25. The largest absolute Gasteiger partial charge is 0.465 e. The monoisotopic (exact) mass is 495 g/mol. The standard InChI is InChI=1S/C30H29N3O2S/c1-17-29(36-18(2)31-17)25-14-11-20-15-21(10-13-24(20)32-25)26-16-22-9-12-23(30(34)35-3)27(28(22)33-26)19-7-5-4-6-8-19/h9-16,19,33H,4-8H2,1-3H3. The molecular weight excluding hydrogens is 466 g/mol. The number of aryl methyl sites for hydroxylation is 2. The van der Waals surface area contributed by atoms with Crippen molar-refractivity contribution in [2.24, 2.45) is 0 Å². The molecule has 0 amide bonds. The van der Waals surface area contributed by atoms with Crippen LogP contribution in [-0.2, 0) is 4.74 Å². The van der Waals surface area contributed by atoms with Crippen LogP contribution in [0.15, 0.2) is 48.5 Å². The number of carbonyl (C=O) groups excluding carboxylic acids is 1. The van der Waals surface area contributed by atoms with Crippen LogP contribution >= 0.6 is 11.3 Å². The van der Waals surface area contributed by atoms with Crippen molar-refractivity contribution in [2.75, 3.05) is 7.11 Å². The van der Waals surface area contributed by atoms with Gasteiger partial charge in [-0.1, -0.05) is 37.5 Å². The van der Waals surface area contributed by atoms with Crippen LogP contribution in [0.5, 0.6) is 0 Å². The van der Waals surface area contributed by atoms with E-state index in [2.05, 4.69) is 46.4 Å². The number of benzene rings is 2. The van der Waals surface area contributed by atoms with Gasteiger partial charge >= 0.3 is 5.97 Å². The highest BCUT2D eigenvalue weighted by Crippen LogP contribution is 2.40. The maximum absolute atomic E-state index is 12.6. The summed E-state index contributed by atoms with van der Waals surface area (Å²) in [6.07, 6.45) is 5.90. The topological polar surface area (TPSA) is 67.9 Å². The molecule has 1 aliphatic rings. The number of esters is 1. The summed E-state index contributed by atoms with van der Waals surface area (Å²) in [5.41, 5.74) is 7.98. The van der Waals surface area contributed by atoms with E-state index in [0.717, 1.165) is 72.7 Å². The molecule has 0 aliphatic heterocycles. The van der Waals surface area contributed by atoms with Crippen LogP contribution < -0.4 is 0 Å². The molecule has 2 aromatic carbocycles. The highest BCUT2D eigenvalue weighted by atomic mass is 32.1. The molecule has 0 bridgehead atoms. The number of methoxy groups -OCH3 is 1. The summed E-state index contributed by atoms with van der Waals surface area (Å²) >= 11 is 1.68. The van der Waals surface area contributed by atoms with Crippen molar-refractivity contribution in [3.63, 3.8) is 0 Å². The smallest absolute Gasteiger partial charge is 0.338 e. The first kappa shape index (κ1) is 22.9. The Kier molecular flexibility index (Phi) is 5.84. The van der Waals surface area contributed by atoms with E-state index in [1.807, 2.05) is 26.0 Å². The molecule has 0 atom stereocenters. The summed E-state index contributed by atoms with van der Waals surface area (Å²) in [6, 6.07) is 16.8. The van der Waals surface area contributed by atoms with Gasteiger partial charge in [-0.2, -0.15) is 0 Å². The molecule has 1 fully saturated rings. The van der Waals surface area contributed by atoms with Crippen molar-refractivity contribution in [3.05, 3.63) is 70.4 Å². The molecule has 1 N–H and O–H groups in total. The number of fused-ring (bicyclic) bond motifs is 2. The maximum Gasteiger partial charge on any atom is 0.338 e. The first-order valence-corrected chi connectivity index (χ1v) is 13.4. The van der Waals surface area contributed by atoms with Gasteiger partial charge in [0.25, 0.3) is 0 Å². The molecular formula is C30H29N3O2S. The molecule has 0 radical (unpaired) electrons. The lowest BCUT2D eigenvalue weighted by molar-refractivity contribution is 0.0598. The van der Waals surface area contributed by atoms with E-state index in [1.54, 1.807) is 11.3 Å². The minimum atomic E-state index is -0.257. The van der Waals surface area contributed by atoms with E-state index in [-0.39, 0.29) is 5.97 Å². The first-order valence-electron chi connectivity index (χ1n) is 12.6. The first-order chi connectivity index (χ1) is 17.5. The molecule has 0 saturated heterocycles. The van der Waals surface area contributed by atoms with E-state index in [9.17, 15) is 4.79 Å². The van der Waals surface area contributed by atoms with Crippen molar-refractivity contribution in [3.8, 4) is 21.8 Å². The Morgan fingerprint density at radius 1 is 0.972 bits per heavy atom. The van der Waals surface area contributed by atoms with Crippen molar-refractivity contribution in [1.29, 1.82) is 0 Å². The van der Waals surface area contributed by atoms with Crippen LogP contribution in [0.3, 0.4) is 0 Å². The Bertz CT molecular complexity index is 1610. The van der Waals surface area contributed by atoms with Gasteiger partial charge in [0.15, 0.2) is 0 Å². The quantitative estimate of drug-likeness (QED) is 0.257. The second kappa shape index (κ2) is 9.17. The number of thiazole rings is 1. The number of nitrogens with one attached hydrogen (secondary N) is 1. The minimum absolute atomic E-state index is 0.257. The van der Waals surface area contributed by atoms with Gasteiger partial charge in [0.2, 0.25) is 0 Å². The van der Waals surface area contributed by atoms with Crippen molar-refractivity contribution < 1.29 is 9.53 Å². The summed E-state index contributed by atoms with van der Waals surface area (Å²) in [7, 11) is 1.46.